The number of fused-ring (bicyclic) bond motifs is 1. The van der Waals surface area contributed by atoms with Gasteiger partial charge in [-0.3, -0.25) is 4.68 Å². The van der Waals surface area contributed by atoms with E-state index in [2.05, 4.69) is 10.2 Å². The van der Waals surface area contributed by atoms with Gasteiger partial charge in [-0.05, 0) is 12.8 Å². The third-order valence-electron chi connectivity index (χ3n) is 3.83. The summed E-state index contributed by atoms with van der Waals surface area (Å²) in [6.45, 7) is 5.67. The summed E-state index contributed by atoms with van der Waals surface area (Å²) in [4.78, 5) is 0. The van der Waals surface area contributed by atoms with Gasteiger partial charge in [0, 0.05) is 30.3 Å². The van der Waals surface area contributed by atoms with Crippen molar-refractivity contribution < 1.29 is 17.9 Å². The molecular weight excluding hydrogens is 309 g/mol. The Kier molecular flexibility index (Phi) is 3.85. The van der Waals surface area contributed by atoms with Gasteiger partial charge in [0.2, 0.25) is 5.88 Å². The lowest BCUT2D eigenvalue weighted by atomic mass is 10.0. The number of rotatable bonds is 3. The predicted octanol–water partition coefficient (Wildman–Crippen LogP) is 3.60. The average molecular weight is 328 g/mol. The lowest BCUT2D eigenvalue weighted by molar-refractivity contribution is -0.142. The first kappa shape index (κ1) is 15.9. The molecule has 1 aliphatic heterocycles. The molecule has 0 bridgehead atoms. The van der Waals surface area contributed by atoms with Gasteiger partial charge in [-0.15, -0.1) is 0 Å². The van der Waals surface area contributed by atoms with Crippen LogP contribution in [-0.2, 0) is 13.1 Å². The molecule has 0 saturated heterocycles. The van der Waals surface area contributed by atoms with Crippen LogP contribution in [0.5, 0.6) is 5.88 Å². The monoisotopic (exact) mass is 328 g/mol. The topological polar surface area (TPSA) is 44.9 Å². The van der Waals surface area contributed by atoms with Crippen LogP contribution in [0.1, 0.15) is 38.7 Å². The first-order valence-electron chi connectivity index (χ1n) is 7.61. The minimum Gasteiger partial charge on any atom is -0.475 e. The normalized spacial score (nSPS) is 18.1. The lowest BCUT2D eigenvalue weighted by Crippen LogP contribution is -2.23. The van der Waals surface area contributed by atoms with Crippen molar-refractivity contribution in [1.82, 2.24) is 19.6 Å². The second-order valence-electron chi connectivity index (χ2n) is 6.20. The van der Waals surface area contributed by atoms with E-state index in [9.17, 15) is 13.2 Å². The van der Waals surface area contributed by atoms with Crippen molar-refractivity contribution >= 4 is 0 Å². The maximum Gasteiger partial charge on any atom is 0.408 e. The molecule has 1 atom stereocenters. The molecule has 0 radical (unpaired) electrons. The van der Waals surface area contributed by atoms with Gasteiger partial charge in [0.05, 0.1) is 12.3 Å². The molecule has 0 aliphatic carbocycles. The largest absolute Gasteiger partial charge is 0.475 e. The maximum absolute atomic E-state index is 12.5. The zero-order chi connectivity index (χ0) is 16.8. The molecule has 8 heteroatoms. The van der Waals surface area contributed by atoms with Crippen molar-refractivity contribution in [3.05, 3.63) is 18.0 Å². The summed E-state index contributed by atoms with van der Waals surface area (Å²) in [7, 11) is 0. The average Bonchev–Trinajstić information content (AvgIpc) is 2.99. The van der Waals surface area contributed by atoms with E-state index >= 15 is 0 Å². The summed E-state index contributed by atoms with van der Waals surface area (Å²) < 4.78 is 46.1. The first-order valence-corrected chi connectivity index (χ1v) is 7.61. The molecular formula is C15H19F3N4O. The van der Waals surface area contributed by atoms with Crippen molar-refractivity contribution in [2.75, 3.05) is 0 Å². The van der Waals surface area contributed by atoms with E-state index in [1.54, 1.807) is 4.68 Å². The summed E-state index contributed by atoms with van der Waals surface area (Å²) in [6.07, 6.45) is -0.515. The molecule has 2 aromatic heterocycles. The summed E-state index contributed by atoms with van der Waals surface area (Å²) >= 11 is 0. The van der Waals surface area contributed by atoms with Crippen molar-refractivity contribution in [3.63, 3.8) is 0 Å². The highest BCUT2D eigenvalue weighted by atomic mass is 19.4. The fourth-order valence-electron chi connectivity index (χ4n) is 2.78. The lowest BCUT2D eigenvalue weighted by Gasteiger charge is -2.23. The van der Waals surface area contributed by atoms with Crippen LogP contribution >= 0.6 is 0 Å². The fourth-order valence-corrected chi connectivity index (χ4v) is 2.78. The van der Waals surface area contributed by atoms with E-state index in [-0.39, 0.29) is 12.0 Å². The van der Waals surface area contributed by atoms with Gasteiger partial charge in [-0.1, -0.05) is 13.8 Å². The highest BCUT2D eigenvalue weighted by Gasteiger charge is 2.30. The highest BCUT2D eigenvalue weighted by molar-refractivity contribution is 5.65. The Morgan fingerprint density at radius 3 is 2.78 bits per heavy atom. The summed E-state index contributed by atoms with van der Waals surface area (Å²) in [5.74, 6) is 0.863. The molecule has 0 amide bonds. The number of aromatic nitrogens is 4. The van der Waals surface area contributed by atoms with Crippen molar-refractivity contribution in [3.8, 4) is 17.1 Å². The van der Waals surface area contributed by atoms with Crippen molar-refractivity contribution in [2.45, 2.75) is 58.5 Å². The number of ether oxygens (including phenoxy) is 1. The van der Waals surface area contributed by atoms with Crippen LogP contribution in [0.3, 0.4) is 0 Å². The molecule has 3 rings (SSSR count). The Morgan fingerprint density at radius 1 is 1.39 bits per heavy atom. The fraction of sp³-hybridized carbons (Fsp3) is 0.600. The molecule has 2 aromatic rings. The number of alkyl halides is 3. The Morgan fingerprint density at radius 2 is 2.13 bits per heavy atom. The number of halogens is 3. The second kappa shape index (κ2) is 5.58. The van der Waals surface area contributed by atoms with Gasteiger partial charge in [-0.2, -0.15) is 23.4 Å². The molecule has 23 heavy (non-hydrogen) atoms. The van der Waals surface area contributed by atoms with E-state index < -0.39 is 12.7 Å². The van der Waals surface area contributed by atoms with Crippen LogP contribution in [0.4, 0.5) is 13.2 Å². The molecule has 0 spiro atoms. The van der Waals surface area contributed by atoms with Crippen LogP contribution in [0, 0.1) is 0 Å². The molecule has 3 heterocycles. The maximum atomic E-state index is 12.5. The van der Waals surface area contributed by atoms with E-state index in [1.165, 1.54) is 12.4 Å². The zero-order valence-corrected chi connectivity index (χ0v) is 13.3. The van der Waals surface area contributed by atoms with Crippen LogP contribution in [0.25, 0.3) is 11.3 Å². The summed E-state index contributed by atoms with van der Waals surface area (Å²) in [5, 5.41) is 8.35. The number of hydrogen-bond donors (Lipinski definition) is 0. The molecule has 0 aromatic carbocycles. The smallest absolute Gasteiger partial charge is 0.408 e. The van der Waals surface area contributed by atoms with Crippen molar-refractivity contribution in [2.24, 2.45) is 0 Å². The van der Waals surface area contributed by atoms with Crippen LogP contribution in [-0.4, -0.2) is 31.8 Å². The van der Waals surface area contributed by atoms with Gasteiger partial charge in [-0.25, -0.2) is 4.68 Å². The molecule has 0 N–H and O–H groups in total. The highest BCUT2D eigenvalue weighted by Crippen LogP contribution is 2.38. The number of aryl methyl sites for hydroxylation is 1. The van der Waals surface area contributed by atoms with Crippen LogP contribution in [0.15, 0.2) is 12.4 Å². The van der Waals surface area contributed by atoms with Gasteiger partial charge < -0.3 is 4.74 Å². The minimum absolute atomic E-state index is 0.109. The van der Waals surface area contributed by atoms with E-state index in [0.29, 0.717) is 11.3 Å². The second-order valence-corrected chi connectivity index (χ2v) is 6.20. The Bertz CT molecular complexity index is 702. The summed E-state index contributed by atoms with van der Waals surface area (Å²) in [5.41, 5.74) is 2.15. The molecule has 1 aliphatic rings. The number of nitrogens with zero attached hydrogens (tertiary/aromatic N) is 4. The predicted molar refractivity (Wildman–Crippen MR) is 78.3 cm³/mol. The van der Waals surface area contributed by atoms with Crippen LogP contribution < -0.4 is 4.74 Å². The zero-order valence-electron chi connectivity index (χ0n) is 13.3. The molecule has 5 nitrogen and oxygen atoms in total. The Hall–Kier alpha value is -1.99. The molecule has 0 unspecified atom stereocenters. The Labute approximate surface area is 132 Å². The summed E-state index contributed by atoms with van der Waals surface area (Å²) in [6, 6.07) is 0. The standard InChI is InChI=1S/C15H19F3N4O/c1-9(2)12-13(20-22-5-4-10(3)23-14(12)22)11-6-19-21(7-11)8-15(16,17)18/h6-7,9-10H,4-5,8H2,1-3H3/t10-/m0/s1. The minimum atomic E-state index is -4.30. The Balaban J connectivity index is 2.00. The molecule has 0 fully saturated rings. The van der Waals surface area contributed by atoms with E-state index in [1.807, 2.05) is 20.8 Å². The van der Waals surface area contributed by atoms with Crippen molar-refractivity contribution in [1.29, 1.82) is 0 Å². The van der Waals surface area contributed by atoms with Gasteiger partial charge in [0.1, 0.15) is 12.2 Å². The first-order chi connectivity index (χ1) is 10.7. The quantitative estimate of drug-likeness (QED) is 0.865. The molecule has 126 valence electrons. The SMILES string of the molecule is CC(C)c1c(-c2cnn(CC(F)(F)F)c2)nn2c1O[C@@H](C)CC2. The van der Waals surface area contributed by atoms with Crippen LogP contribution in [0.2, 0.25) is 0 Å². The van der Waals surface area contributed by atoms with Gasteiger partial charge in [0.15, 0.2) is 0 Å². The van der Waals surface area contributed by atoms with Gasteiger partial charge in [0.25, 0.3) is 0 Å². The van der Waals surface area contributed by atoms with E-state index in [0.717, 1.165) is 29.1 Å². The third-order valence-corrected chi connectivity index (χ3v) is 3.83. The van der Waals surface area contributed by atoms with E-state index in [4.69, 9.17) is 4.74 Å². The van der Waals surface area contributed by atoms with Gasteiger partial charge >= 0.3 is 6.18 Å². The number of hydrogen-bond acceptors (Lipinski definition) is 3. The molecule has 0 saturated carbocycles. The third kappa shape index (κ3) is 3.20.